The first-order valence-corrected chi connectivity index (χ1v) is 6.89. The maximum atomic E-state index is 12.3. The van der Waals surface area contributed by atoms with Crippen LogP contribution in [0.3, 0.4) is 0 Å². The number of aromatic nitrogens is 4. The zero-order chi connectivity index (χ0) is 14.8. The highest BCUT2D eigenvalue weighted by Crippen LogP contribution is 2.14. The topological polar surface area (TPSA) is 113 Å². The standard InChI is InChI=1S/C13H16N6O2/c1-7-16-10-9(6-15-12(10)19-18-7)11(20)13(21)17-8-2-4-14-5-3-8/h6,8,14H,2-5H2,1H3,(H,15,19)(H,17,21). The van der Waals surface area contributed by atoms with Crippen LogP contribution in [0.4, 0.5) is 0 Å². The Morgan fingerprint density at radius 1 is 1.29 bits per heavy atom. The van der Waals surface area contributed by atoms with Crippen molar-refractivity contribution in [3.05, 3.63) is 17.6 Å². The Kier molecular flexibility index (Phi) is 3.61. The molecule has 0 aromatic carbocycles. The van der Waals surface area contributed by atoms with Crippen LogP contribution in [0.2, 0.25) is 0 Å². The number of carbonyl (C=O) groups excluding carboxylic acids is 2. The van der Waals surface area contributed by atoms with Gasteiger partial charge in [-0.25, -0.2) is 4.98 Å². The third-order valence-electron chi connectivity index (χ3n) is 3.53. The number of carbonyl (C=O) groups is 2. The van der Waals surface area contributed by atoms with E-state index in [0.717, 1.165) is 25.9 Å². The second-order valence-corrected chi connectivity index (χ2v) is 5.09. The van der Waals surface area contributed by atoms with Crippen LogP contribution in [0.15, 0.2) is 6.20 Å². The average Bonchev–Trinajstić information content (AvgIpc) is 2.90. The Morgan fingerprint density at radius 3 is 2.81 bits per heavy atom. The fraction of sp³-hybridized carbons (Fsp3) is 0.462. The number of ketones is 1. The van der Waals surface area contributed by atoms with Crippen molar-refractivity contribution in [1.82, 2.24) is 30.8 Å². The Balaban J connectivity index is 1.79. The van der Waals surface area contributed by atoms with Gasteiger partial charge in [0.15, 0.2) is 5.65 Å². The van der Waals surface area contributed by atoms with Crippen LogP contribution in [-0.4, -0.2) is 51.0 Å². The molecule has 0 aliphatic carbocycles. The summed E-state index contributed by atoms with van der Waals surface area (Å²) in [4.78, 5) is 31.3. The molecule has 1 aliphatic heterocycles. The van der Waals surface area contributed by atoms with Gasteiger partial charge in [0.05, 0.1) is 5.56 Å². The maximum Gasteiger partial charge on any atom is 0.292 e. The molecule has 0 spiro atoms. The normalized spacial score (nSPS) is 16.0. The quantitative estimate of drug-likeness (QED) is 0.528. The lowest BCUT2D eigenvalue weighted by Gasteiger charge is -2.23. The lowest BCUT2D eigenvalue weighted by molar-refractivity contribution is -0.117. The van der Waals surface area contributed by atoms with E-state index in [4.69, 9.17) is 0 Å². The summed E-state index contributed by atoms with van der Waals surface area (Å²) in [7, 11) is 0. The maximum absolute atomic E-state index is 12.3. The number of hydrogen-bond donors (Lipinski definition) is 3. The van der Waals surface area contributed by atoms with Gasteiger partial charge in [0.2, 0.25) is 0 Å². The van der Waals surface area contributed by atoms with Crippen molar-refractivity contribution in [2.45, 2.75) is 25.8 Å². The second-order valence-electron chi connectivity index (χ2n) is 5.09. The molecule has 8 nitrogen and oxygen atoms in total. The minimum absolute atomic E-state index is 0.0439. The van der Waals surface area contributed by atoms with Crippen molar-refractivity contribution in [2.75, 3.05) is 13.1 Å². The molecule has 1 amide bonds. The fourth-order valence-corrected chi connectivity index (χ4v) is 2.41. The van der Waals surface area contributed by atoms with Crippen LogP contribution >= 0.6 is 0 Å². The number of amides is 1. The molecule has 0 unspecified atom stereocenters. The number of rotatable bonds is 3. The number of hydrogen-bond acceptors (Lipinski definition) is 6. The Bertz CT molecular complexity index is 689. The Labute approximate surface area is 120 Å². The van der Waals surface area contributed by atoms with E-state index < -0.39 is 11.7 Å². The number of aryl methyl sites for hydroxylation is 1. The molecule has 2 aromatic heterocycles. The summed E-state index contributed by atoms with van der Waals surface area (Å²) in [5.41, 5.74) is 1.01. The van der Waals surface area contributed by atoms with E-state index in [0.29, 0.717) is 17.0 Å². The van der Waals surface area contributed by atoms with E-state index in [1.165, 1.54) is 6.20 Å². The Morgan fingerprint density at radius 2 is 2.05 bits per heavy atom. The van der Waals surface area contributed by atoms with Crippen molar-refractivity contribution >= 4 is 22.9 Å². The van der Waals surface area contributed by atoms with Gasteiger partial charge in [-0.15, -0.1) is 10.2 Å². The molecule has 3 heterocycles. The summed E-state index contributed by atoms with van der Waals surface area (Å²) >= 11 is 0. The van der Waals surface area contributed by atoms with Gasteiger partial charge in [-0.1, -0.05) is 0 Å². The monoisotopic (exact) mass is 288 g/mol. The molecular weight excluding hydrogens is 272 g/mol. The molecule has 0 bridgehead atoms. The van der Waals surface area contributed by atoms with E-state index in [2.05, 4.69) is 30.8 Å². The van der Waals surface area contributed by atoms with Crippen molar-refractivity contribution in [1.29, 1.82) is 0 Å². The van der Waals surface area contributed by atoms with Crippen LogP contribution < -0.4 is 10.6 Å². The van der Waals surface area contributed by atoms with Gasteiger partial charge in [0.25, 0.3) is 11.7 Å². The van der Waals surface area contributed by atoms with Crippen molar-refractivity contribution < 1.29 is 9.59 Å². The van der Waals surface area contributed by atoms with Gasteiger partial charge in [-0.05, 0) is 32.9 Å². The molecule has 110 valence electrons. The van der Waals surface area contributed by atoms with Gasteiger partial charge >= 0.3 is 0 Å². The van der Waals surface area contributed by atoms with Crippen LogP contribution in [0, 0.1) is 6.92 Å². The van der Waals surface area contributed by atoms with Gasteiger partial charge < -0.3 is 15.6 Å². The zero-order valence-corrected chi connectivity index (χ0v) is 11.6. The minimum atomic E-state index is -0.598. The number of fused-ring (bicyclic) bond motifs is 1. The Hall–Kier alpha value is -2.35. The number of aromatic amines is 1. The van der Waals surface area contributed by atoms with E-state index in [1.807, 2.05) is 0 Å². The van der Waals surface area contributed by atoms with Gasteiger partial charge in [0, 0.05) is 12.2 Å². The molecule has 1 fully saturated rings. The van der Waals surface area contributed by atoms with E-state index in [9.17, 15) is 9.59 Å². The molecule has 3 N–H and O–H groups in total. The van der Waals surface area contributed by atoms with Gasteiger partial charge in [0.1, 0.15) is 11.3 Å². The first-order valence-electron chi connectivity index (χ1n) is 6.89. The highest BCUT2D eigenvalue weighted by Gasteiger charge is 2.24. The van der Waals surface area contributed by atoms with Crippen molar-refractivity contribution in [3.8, 4) is 0 Å². The smallest absolute Gasteiger partial charge is 0.292 e. The predicted molar refractivity (Wildman–Crippen MR) is 74.8 cm³/mol. The molecular formula is C13H16N6O2. The number of nitrogens with zero attached hydrogens (tertiary/aromatic N) is 3. The lowest BCUT2D eigenvalue weighted by atomic mass is 10.1. The largest absolute Gasteiger partial charge is 0.346 e. The van der Waals surface area contributed by atoms with E-state index >= 15 is 0 Å². The summed E-state index contributed by atoms with van der Waals surface area (Å²) < 4.78 is 0. The number of H-pyrrole nitrogens is 1. The molecule has 21 heavy (non-hydrogen) atoms. The molecule has 0 saturated carbocycles. The lowest BCUT2D eigenvalue weighted by Crippen LogP contribution is -2.45. The molecule has 8 heteroatoms. The number of piperidine rings is 1. The third-order valence-corrected chi connectivity index (χ3v) is 3.53. The molecule has 0 atom stereocenters. The fourth-order valence-electron chi connectivity index (χ4n) is 2.41. The van der Waals surface area contributed by atoms with E-state index in [-0.39, 0.29) is 11.6 Å². The average molecular weight is 288 g/mol. The highest BCUT2D eigenvalue weighted by molar-refractivity contribution is 6.44. The summed E-state index contributed by atoms with van der Waals surface area (Å²) in [5.74, 6) is -0.742. The van der Waals surface area contributed by atoms with Crippen LogP contribution in [0.25, 0.3) is 11.2 Å². The SMILES string of the molecule is Cc1nnc2[nH]cc(C(=O)C(=O)NC3CCNCC3)c2n1. The van der Waals surface area contributed by atoms with E-state index in [1.54, 1.807) is 6.92 Å². The van der Waals surface area contributed by atoms with Gasteiger partial charge in [-0.3, -0.25) is 9.59 Å². The molecule has 3 rings (SSSR count). The highest BCUT2D eigenvalue weighted by atomic mass is 16.2. The summed E-state index contributed by atoms with van der Waals surface area (Å²) in [6.07, 6.45) is 3.11. The first kappa shape index (κ1) is 13.6. The minimum Gasteiger partial charge on any atom is -0.346 e. The molecule has 1 aliphatic rings. The van der Waals surface area contributed by atoms with Gasteiger partial charge in [-0.2, -0.15) is 0 Å². The number of nitrogens with one attached hydrogen (secondary N) is 3. The van der Waals surface area contributed by atoms with Crippen molar-refractivity contribution in [2.24, 2.45) is 0 Å². The van der Waals surface area contributed by atoms with Crippen LogP contribution in [-0.2, 0) is 4.79 Å². The summed E-state index contributed by atoms with van der Waals surface area (Å²) in [6, 6.07) is 0.0439. The predicted octanol–water partition coefficient (Wildman–Crippen LogP) is -0.288. The summed E-state index contributed by atoms with van der Waals surface area (Å²) in [5, 5.41) is 13.7. The van der Waals surface area contributed by atoms with Crippen molar-refractivity contribution in [3.63, 3.8) is 0 Å². The van der Waals surface area contributed by atoms with Crippen LogP contribution in [0.1, 0.15) is 29.0 Å². The molecule has 2 aromatic rings. The summed E-state index contributed by atoms with van der Waals surface area (Å²) in [6.45, 7) is 3.38. The zero-order valence-electron chi connectivity index (χ0n) is 11.6. The third kappa shape index (κ3) is 2.75. The number of Topliss-reactive ketones (excluding diaryl/α,β-unsaturated/α-hetero) is 1. The second kappa shape index (κ2) is 5.57. The molecule has 1 saturated heterocycles. The van der Waals surface area contributed by atoms with Crippen LogP contribution in [0.5, 0.6) is 0 Å². The first-order chi connectivity index (χ1) is 10.1. The molecule has 0 radical (unpaired) electrons.